The van der Waals surface area contributed by atoms with E-state index in [-0.39, 0.29) is 0 Å². The molecule has 2 nitrogen and oxygen atoms in total. The van der Waals surface area contributed by atoms with Gasteiger partial charge in [0.15, 0.2) is 0 Å². The van der Waals surface area contributed by atoms with Crippen LogP contribution in [0.2, 0.25) is 0 Å². The zero-order valence-corrected chi connectivity index (χ0v) is 15.1. The summed E-state index contributed by atoms with van der Waals surface area (Å²) in [5.74, 6) is 0. The largest absolute Gasteiger partial charge is 0.255 e. The van der Waals surface area contributed by atoms with Crippen LogP contribution in [0.5, 0.6) is 0 Å². The van der Waals surface area contributed by atoms with Crippen molar-refractivity contribution in [3.63, 3.8) is 0 Å². The van der Waals surface area contributed by atoms with E-state index in [2.05, 4.69) is 72.3 Å². The molecule has 0 saturated carbocycles. The maximum Gasteiger partial charge on any atom is 0.0892 e. The molecule has 4 rings (SSSR count). The fourth-order valence-electron chi connectivity index (χ4n) is 2.63. The van der Waals surface area contributed by atoms with E-state index in [1.165, 1.54) is 30.6 Å². The smallest absolute Gasteiger partial charge is 0.0892 e. The molecule has 0 aliphatic carbocycles. The maximum absolute atomic E-state index is 4.53. The zero-order chi connectivity index (χ0) is 16.5. The van der Waals surface area contributed by atoms with Gasteiger partial charge in [0.1, 0.15) is 0 Å². The molecule has 0 N–H and O–H groups in total. The molecule has 0 saturated heterocycles. The highest BCUT2D eigenvalue weighted by molar-refractivity contribution is 7.15. The SMILES string of the molecule is Cc1ccc(-c2ccnc(-c3cc(-c4ccc(C)s4)ccn3)c2)s1. The van der Waals surface area contributed by atoms with Crippen molar-refractivity contribution in [3.05, 3.63) is 70.7 Å². The number of hydrogen-bond acceptors (Lipinski definition) is 4. The third kappa shape index (κ3) is 3.03. The summed E-state index contributed by atoms with van der Waals surface area (Å²) in [5, 5.41) is 0. The molecule has 0 bridgehead atoms. The number of rotatable bonds is 3. The number of aryl methyl sites for hydroxylation is 2. The zero-order valence-electron chi connectivity index (χ0n) is 13.5. The lowest BCUT2D eigenvalue weighted by atomic mass is 10.1. The minimum atomic E-state index is 0.911. The summed E-state index contributed by atoms with van der Waals surface area (Å²) in [4.78, 5) is 14.2. The number of aromatic nitrogens is 2. The minimum absolute atomic E-state index is 0.911. The Bertz CT molecular complexity index is 916. The molecule has 0 amide bonds. The van der Waals surface area contributed by atoms with E-state index in [1.807, 2.05) is 12.4 Å². The van der Waals surface area contributed by atoms with Gasteiger partial charge in [0, 0.05) is 31.9 Å². The highest BCUT2D eigenvalue weighted by Gasteiger charge is 2.08. The second-order valence-corrected chi connectivity index (χ2v) is 8.26. The van der Waals surface area contributed by atoms with Crippen molar-refractivity contribution >= 4 is 22.7 Å². The maximum atomic E-state index is 4.53. The van der Waals surface area contributed by atoms with Gasteiger partial charge in [-0.05, 0) is 73.5 Å². The van der Waals surface area contributed by atoms with Crippen LogP contribution in [-0.4, -0.2) is 9.97 Å². The van der Waals surface area contributed by atoms with E-state index in [0.29, 0.717) is 0 Å². The fourth-order valence-corrected chi connectivity index (χ4v) is 4.35. The predicted molar refractivity (Wildman–Crippen MR) is 104 cm³/mol. The van der Waals surface area contributed by atoms with Gasteiger partial charge in [-0.25, -0.2) is 0 Å². The first-order valence-electron chi connectivity index (χ1n) is 7.75. The Kier molecular flexibility index (Phi) is 4.00. The van der Waals surface area contributed by atoms with E-state index in [9.17, 15) is 0 Å². The van der Waals surface area contributed by atoms with Gasteiger partial charge in [0.25, 0.3) is 0 Å². The second kappa shape index (κ2) is 6.30. The van der Waals surface area contributed by atoms with Gasteiger partial charge in [0.05, 0.1) is 11.4 Å². The molecule has 4 aromatic heterocycles. The third-order valence-electron chi connectivity index (χ3n) is 3.83. The lowest BCUT2D eigenvalue weighted by Crippen LogP contribution is -1.88. The van der Waals surface area contributed by atoms with Crippen LogP contribution < -0.4 is 0 Å². The van der Waals surface area contributed by atoms with E-state index < -0.39 is 0 Å². The summed E-state index contributed by atoms with van der Waals surface area (Å²) in [6.45, 7) is 4.26. The first-order chi connectivity index (χ1) is 11.7. The topological polar surface area (TPSA) is 25.8 Å². The van der Waals surface area contributed by atoms with Gasteiger partial charge in [-0.15, -0.1) is 22.7 Å². The Balaban J connectivity index is 1.74. The van der Waals surface area contributed by atoms with Crippen molar-refractivity contribution in [1.29, 1.82) is 0 Å². The molecule has 0 aromatic carbocycles. The molecule has 118 valence electrons. The molecule has 24 heavy (non-hydrogen) atoms. The van der Waals surface area contributed by atoms with Crippen LogP contribution in [0.1, 0.15) is 9.75 Å². The molecular weight excluding hydrogens is 332 g/mol. The Morgan fingerprint density at radius 1 is 0.625 bits per heavy atom. The number of thiophene rings is 2. The highest BCUT2D eigenvalue weighted by Crippen LogP contribution is 2.32. The molecule has 4 aromatic rings. The molecule has 0 aliphatic heterocycles. The lowest BCUT2D eigenvalue weighted by molar-refractivity contribution is 1.25. The quantitative estimate of drug-likeness (QED) is 0.439. The van der Waals surface area contributed by atoms with Crippen LogP contribution in [0.4, 0.5) is 0 Å². The van der Waals surface area contributed by atoms with Crippen LogP contribution >= 0.6 is 22.7 Å². The average molecular weight is 348 g/mol. The van der Waals surface area contributed by atoms with Crippen LogP contribution in [0.25, 0.3) is 32.3 Å². The Morgan fingerprint density at radius 3 is 1.46 bits per heavy atom. The molecule has 0 atom stereocenters. The monoisotopic (exact) mass is 348 g/mol. The number of hydrogen-bond donors (Lipinski definition) is 0. The van der Waals surface area contributed by atoms with Gasteiger partial charge < -0.3 is 0 Å². The van der Waals surface area contributed by atoms with Crippen molar-refractivity contribution in [2.75, 3.05) is 0 Å². The Labute approximate surface area is 149 Å². The molecule has 0 unspecified atom stereocenters. The first kappa shape index (κ1) is 15.2. The molecule has 4 heterocycles. The lowest BCUT2D eigenvalue weighted by Gasteiger charge is -2.05. The molecule has 0 radical (unpaired) electrons. The summed E-state index contributed by atoms with van der Waals surface area (Å²) >= 11 is 3.60. The van der Waals surface area contributed by atoms with Crippen LogP contribution in [0.3, 0.4) is 0 Å². The average Bonchev–Trinajstić information content (AvgIpc) is 3.24. The van der Waals surface area contributed by atoms with E-state index in [1.54, 1.807) is 22.7 Å². The van der Waals surface area contributed by atoms with Gasteiger partial charge in [-0.1, -0.05) is 0 Å². The van der Waals surface area contributed by atoms with Gasteiger partial charge in [-0.3, -0.25) is 9.97 Å². The van der Waals surface area contributed by atoms with E-state index in [4.69, 9.17) is 0 Å². The summed E-state index contributed by atoms with van der Waals surface area (Å²) in [6.07, 6.45) is 3.73. The fraction of sp³-hybridized carbons (Fsp3) is 0.100. The van der Waals surface area contributed by atoms with Gasteiger partial charge in [-0.2, -0.15) is 0 Å². The summed E-state index contributed by atoms with van der Waals surface area (Å²) in [5.41, 5.74) is 4.21. The first-order valence-corrected chi connectivity index (χ1v) is 9.38. The molecule has 4 heteroatoms. The molecule has 0 spiro atoms. The standard InChI is InChI=1S/C20H16N2S2/c1-13-3-5-19(23-13)15-7-9-21-17(11-15)18-12-16(8-10-22-18)20-6-4-14(2)24-20/h3-12H,1-2H3. The number of pyridine rings is 2. The second-order valence-electron chi connectivity index (χ2n) is 5.68. The highest BCUT2D eigenvalue weighted by atomic mass is 32.1. The van der Waals surface area contributed by atoms with Crippen LogP contribution in [-0.2, 0) is 0 Å². The van der Waals surface area contributed by atoms with Gasteiger partial charge >= 0.3 is 0 Å². The van der Waals surface area contributed by atoms with Crippen molar-refractivity contribution in [3.8, 4) is 32.3 Å². The normalized spacial score (nSPS) is 10.9. The van der Waals surface area contributed by atoms with Crippen LogP contribution in [0.15, 0.2) is 60.9 Å². The van der Waals surface area contributed by atoms with E-state index in [0.717, 1.165) is 11.4 Å². The van der Waals surface area contributed by atoms with Crippen molar-refractivity contribution < 1.29 is 0 Å². The summed E-state index contributed by atoms with van der Waals surface area (Å²) in [7, 11) is 0. The minimum Gasteiger partial charge on any atom is -0.255 e. The Hall–Kier alpha value is -2.30. The van der Waals surface area contributed by atoms with Crippen molar-refractivity contribution in [2.45, 2.75) is 13.8 Å². The molecule has 0 fully saturated rings. The summed E-state index contributed by atoms with van der Waals surface area (Å²) in [6, 6.07) is 17.0. The van der Waals surface area contributed by atoms with Gasteiger partial charge in [0.2, 0.25) is 0 Å². The third-order valence-corrected chi connectivity index (χ3v) is 5.93. The molecule has 0 aliphatic rings. The van der Waals surface area contributed by atoms with E-state index >= 15 is 0 Å². The summed E-state index contributed by atoms with van der Waals surface area (Å²) < 4.78 is 0. The predicted octanol–water partition coefficient (Wildman–Crippen LogP) is 6.22. The van der Waals surface area contributed by atoms with Crippen LogP contribution in [0, 0.1) is 13.8 Å². The van der Waals surface area contributed by atoms with Crippen molar-refractivity contribution in [2.24, 2.45) is 0 Å². The number of nitrogens with zero attached hydrogens (tertiary/aromatic N) is 2. The molecular formula is C20H16N2S2. The van der Waals surface area contributed by atoms with Crippen molar-refractivity contribution in [1.82, 2.24) is 9.97 Å². The Morgan fingerprint density at radius 2 is 1.08 bits per heavy atom.